The summed E-state index contributed by atoms with van der Waals surface area (Å²) in [5.41, 5.74) is 0. The summed E-state index contributed by atoms with van der Waals surface area (Å²) in [6.07, 6.45) is 53.1. The number of allylic oxidation sites excluding steroid dienone is 9. The molecular weight excluding hydrogens is 578 g/mol. The van der Waals surface area contributed by atoms with Crippen LogP contribution in [-0.4, -0.2) is 34.9 Å². The number of unbranched alkanes of at least 4 members (excludes halogenated alkanes) is 20. The van der Waals surface area contributed by atoms with Gasteiger partial charge in [-0.05, 0) is 64.2 Å². The Labute approximate surface area is 292 Å². The third-order valence-corrected chi connectivity index (χ3v) is 8.73. The third kappa shape index (κ3) is 35.2. The Hall–Kier alpha value is -1.91. The van der Waals surface area contributed by atoms with E-state index in [0.717, 1.165) is 64.2 Å². The first-order valence-corrected chi connectivity index (χ1v) is 20.0. The molecule has 0 aromatic heterocycles. The van der Waals surface area contributed by atoms with Crippen LogP contribution in [0, 0.1) is 0 Å². The van der Waals surface area contributed by atoms with Crippen LogP contribution in [0.5, 0.6) is 0 Å². The van der Waals surface area contributed by atoms with Crippen LogP contribution in [-0.2, 0) is 4.79 Å². The van der Waals surface area contributed by atoms with Crippen molar-refractivity contribution in [2.45, 2.75) is 199 Å². The summed E-state index contributed by atoms with van der Waals surface area (Å²) in [4.78, 5) is 12.3. The molecule has 4 nitrogen and oxygen atoms in total. The minimum Gasteiger partial charge on any atom is -0.394 e. The molecule has 0 aliphatic carbocycles. The van der Waals surface area contributed by atoms with E-state index in [0.29, 0.717) is 6.42 Å². The molecular formula is C43H77NO3. The maximum atomic E-state index is 12.3. The highest BCUT2D eigenvalue weighted by Gasteiger charge is 2.17. The maximum Gasteiger partial charge on any atom is 0.220 e. The molecule has 0 fully saturated rings. The summed E-state index contributed by atoms with van der Waals surface area (Å²) >= 11 is 0. The summed E-state index contributed by atoms with van der Waals surface area (Å²) in [6, 6.07) is -0.645. The fraction of sp³-hybridized carbons (Fsp3) is 0.744. The summed E-state index contributed by atoms with van der Waals surface area (Å²) < 4.78 is 0. The Bertz CT molecular complexity index is 797. The zero-order valence-corrected chi connectivity index (χ0v) is 31.0. The molecule has 0 aromatic rings. The monoisotopic (exact) mass is 656 g/mol. The average Bonchev–Trinajstić information content (AvgIpc) is 3.07. The van der Waals surface area contributed by atoms with Crippen LogP contribution in [0.1, 0.15) is 187 Å². The Morgan fingerprint density at radius 3 is 1.49 bits per heavy atom. The molecule has 0 bridgehead atoms. The topological polar surface area (TPSA) is 69.6 Å². The highest BCUT2D eigenvalue weighted by atomic mass is 16.3. The van der Waals surface area contributed by atoms with Crippen LogP contribution in [0.15, 0.2) is 60.8 Å². The van der Waals surface area contributed by atoms with Gasteiger partial charge in [0.25, 0.3) is 0 Å². The smallest absolute Gasteiger partial charge is 0.220 e. The first-order valence-electron chi connectivity index (χ1n) is 20.0. The molecule has 0 aliphatic heterocycles. The van der Waals surface area contributed by atoms with E-state index in [4.69, 9.17) is 0 Å². The summed E-state index contributed by atoms with van der Waals surface area (Å²) in [5, 5.41) is 22.9. The van der Waals surface area contributed by atoms with Crippen molar-refractivity contribution in [1.82, 2.24) is 5.32 Å². The predicted molar refractivity (Wildman–Crippen MR) is 207 cm³/mol. The van der Waals surface area contributed by atoms with Crippen molar-refractivity contribution in [3.63, 3.8) is 0 Å². The number of nitrogens with one attached hydrogen (secondary N) is 1. The molecule has 0 radical (unpaired) electrons. The molecule has 0 heterocycles. The summed E-state index contributed by atoms with van der Waals surface area (Å²) in [5.74, 6) is -0.0868. The molecule has 0 saturated heterocycles. The number of aliphatic hydroxyl groups excluding tert-OH is 2. The minimum atomic E-state index is -0.867. The first-order chi connectivity index (χ1) is 23.2. The Morgan fingerprint density at radius 1 is 0.532 bits per heavy atom. The van der Waals surface area contributed by atoms with Gasteiger partial charge < -0.3 is 15.5 Å². The van der Waals surface area contributed by atoms with Gasteiger partial charge in [-0.25, -0.2) is 0 Å². The molecule has 47 heavy (non-hydrogen) atoms. The number of hydrogen-bond donors (Lipinski definition) is 3. The number of amides is 1. The van der Waals surface area contributed by atoms with Crippen LogP contribution in [0.4, 0.5) is 0 Å². The van der Waals surface area contributed by atoms with Gasteiger partial charge in [-0.2, -0.15) is 0 Å². The molecule has 2 unspecified atom stereocenters. The fourth-order valence-corrected chi connectivity index (χ4v) is 5.68. The van der Waals surface area contributed by atoms with E-state index in [1.165, 1.54) is 103 Å². The van der Waals surface area contributed by atoms with E-state index in [1.807, 2.05) is 6.08 Å². The van der Waals surface area contributed by atoms with Crippen molar-refractivity contribution in [3.8, 4) is 0 Å². The van der Waals surface area contributed by atoms with Gasteiger partial charge in [-0.1, -0.05) is 177 Å². The standard InChI is InChI=1S/C43H77NO3/c1-3-5-7-9-11-13-15-17-19-21-23-24-26-28-30-32-34-36-38-42(46)41(40-45)44-43(47)39-37-35-33-31-29-27-25-22-20-18-16-14-12-10-8-6-4-2/h6,8,12,14,18,20,28,30,36,38,41-42,45-46H,3-5,7,9-11,13,15-17,19,21-27,29,31-35,37,39-40H2,1-2H3,(H,44,47)/b8-6-,14-12-,20-18-,30-28+,38-36+. The number of hydrogen-bond acceptors (Lipinski definition) is 3. The van der Waals surface area contributed by atoms with Gasteiger partial charge in [0.2, 0.25) is 5.91 Å². The number of rotatable bonds is 35. The third-order valence-electron chi connectivity index (χ3n) is 8.73. The molecule has 2 atom stereocenters. The van der Waals surface area contributed by atoms with Gasteiger partial charge in [0, 0.05) is 6.42 Å². The molecule has 272 valence electrons. The second kappa shape index (κ2) is 38.5. The number of carbonyl (C=O) groups excluding carboxylic acids is 1. The molecule has 3 N–H and O–H groups in total. The first kappa shape index (κ1) is 45.1. The van der Waals surface area contributed by atoms with E-state index < -0.39 is 12.1 Å². The lowest BCUT2D eigenvalue weighted by Gasteiger charge is -2.19. The van der Waals surface area contributed by atoms with Crippen molar-refractivity contribution in [2.75, 3.05) is 6.61 Å². The number of carbonyl (C=O) groups is 1. The Morgan fingerprint density at radius 2 is 0.957 bits per heavy atom. The zero-order chi connectivity index (χ0) is 34.3. The van der Waals surface area contributed by atoms with Crippen LogP contribution in [0.25, 0.3) is 0 Å². The molecule has 4 heteroatoms. The Kier molecular flexibility index (Phi) is 37.0. The van der Waals surface area contributed by atoms with Crippen molar-refractivity contribution >= 4 is 5.91 Å². The molecule has 0 rings (SSSR count). The maximum absolute atomic E-state index is 12.3. The van der Waals surface area contributed by atoms with Crippen LogP contribution in [0.3, 0.4) is 0 Å². The predicted octanol–water partition coefficient (Wildman–Crippen LogP) is 12.2. The van der Waals surface area contributed by atoms with Gasteiger partial charge in [0.1, 0.15) is 0 Å². The SMILES string of the molecule is CC/C=C\C/C=C\C/C=C\CCCCCCCCCC(=O)NC(CO)C(O)/C=C/CC/C=C/CCCCCCCCCCCCCC. The van der Waals surface area contributed by atoms with E-state index in [9.17, 15) is 15.0 Å². The lowest BCUT2D eigenvalue weighted by atomic mass is 10.0. The van der Waals surface area contributed by atoms with Crippen molar-refractivity contribution < 1.29 is 15.0 Å². The fourth-order valence-electron chi connectivity index (χ4n) is 5.68. The van der Waals surface area contributed by atoms with Crippen LogP contribution in [0.2, 0.25) is 0 Å². The van der Waals surface area contributed by atoms with Crippen molar-refractivity contribution in [1.29, 1.82) is 0 Å². The largest absolute Gasteiger partial charge is 0.394 e. The van der Waals surface area contributed by atoms with Gasteiger partial charge in [0.05, 0.1) is 18.8 Å². The second-order valence-electron chi connectivity index (χ2n) is 13.3. The highest BCUT2D eigenvalue weighted by Crippen LogP contribution is 2.13. The minimum absolute atomic E-state index is 0.0868. The average molecular weight is 656 g/mol. The molecule has 0 spiro atoms. The van der Waals surface area contributed by atoms with Crippen LogP contribution < -0.4 is 5.32 Å². The molecule has 0 aromatic carbocycles. The van der Waals surface area contributed by atoms with Gasteiger partial charge in [-0.3, -0.25) is 4.79 Å². The lowest BCUT2D eigenvalue weighted by Crippen LogP contribution is -2.45. The van der Waals surface area contributed by atoms with E-state index in [2.05, 4.69) is 67.8 Å². The lowest BCUT2D eigenvalue weighted by molar-refractivity contribution is -0.123. The normalized spacial score (nSPS) is 13.7. The summed E-state index contributed by atoms with van der Waals surface area (Å²) in [7, 11) is 0. The van der Waals surface area contributed by atoms with E-state index >= 15 is 0 Å². The Balaban J connectivity index is 3.68. The molecule has 0 aliphatic rings. The molecule has 1 amide bonds. The van der Waals surface area contributed by atoms with E-state index in [1.54, 1.807) is 6.08 Å². The van der Waals surface area contributed by atoms with Gasteiger partial charge in [-0.15, -0.1) is 0 Å². The number of aliphatic hydroxyl groups is 2. The van der Waals surface area contributed by atoms with Crippen molar-refractivity contribution in [2.24, 2.45) is 0 Å². The zero-order valence-electron chi connectivity index (χ0n) is 31.0. The van der Waals surface area contributed by atoms with Crippen molar-refractivity contribution in [3.05, 3.63) is 60.8 Å². The van der Waals surface area contributed by atoms with Crippen LogP contribution >= 0.6 is 0 Å². The van der Waals surface area contributed by atoms with Gasteiger partial charge in [0.15, 0.2) is 0 Å². The molecule has 0 saturated carbocycles. The van der Waals surface area contributed by atoms with E-state index in [-0.39, 0.29) is 12.5 Å². The summed E-state index contributed by atoms with van der Waals surface area (Å²) in [6.45, 7) is 4.17. The van der Waals surface area contributed by atoms with Gasteiger partial charge >= 0.3 is 0 Å². The second-order valence-corrected chi connectivity index (χ2v) is 13.3. The highest BCUT2D eigenvalue weighted by molar-refractivity contribution is 5.76. The quantitative estimate of drug-likeness (QED) is 0.0470.